The molecule has 0 radical (unpaired) electrons. The molecule has 176 valence electrons. The Bertz CT molecular complexity index is 1410. The molecule has 5 heterocycles. The van der Waals surface area contributed by atoms with Gasteiger partial charge in [0.05, 0.1) is 10.4 Å². The van der Waals surface area contributed by atoms with Gasteiger partial charge in [-0.25, -0.2) is 9.97 Å². The van der Waals surface area contributed by atoms with Crippen molar-refractivity contribution in [3.63, 3.8) is 0 Å². The molecule has 1 spiro atoms. The molecule has 2 fully saturated rings. The van der Waals surface area contributed by atoms with Crippen LogP contribution in [0.4, 0.5) is 11.5 Å². The van der Waals surface area contributed by atoms with Crippen LogP contribution in [0.1, 0.15) is 53.0 Å². The highest BCUT2D eigenvalue weighted by Crippen LogP contribution is 2.43. The summed E-state index contributed by atoms with van der Waals surface area (Å²) >= 11 is 8.26. The molecule has 7 rings (SSSR count). The van der Waals surface area contributed by atoms with Gasteiger partial charge in [-0.2, -0.15) is 0 Å². The normalized spacial score (nSPS) is 22.7. The zero-order chi connectivity index (χ0) is 23.0. The third-order valence-electron chi connectivity index (χ3n) is 7.99. The van der Waals surface area contributed by atoms with E-state index in [9.17, 15) is 9.59 Å². The minimum atomic E-state index is -0.640. The van der Waals surface area contributed by atoms with E-state index in [-0.39, 0.29) is 22.2 Å². The Morgan fingerprint density at radius 2 is 2.09 bits per heavy atom. The lowest BCUT2D eigenvalue weighted by molar-refractivity contribution is 0.0790. The quantitative estimate of drug-likeness (QED) is 0.573. The van der Waals surface area contributed by atoms with Crippen LogP contribution >= 0.6 is 22.9 Å². The number of carbonyl (C=O) groups excluding carboxylic acids is 1. The van der Waals surface area contributed by atoms with Crippen LogP contribution in [0.3, 0.4) is 0 Å². The number of halogens is 1. The van der Waals surface area contributed by atoms with Crippen molar-refractivity contribution < 1.29 is 4.79 Å². The highest BCUT2D eigenvalue weighted by Gasteiger charge is 2.49. The van der Waals surface area contributed by atoms with Crippen molar-refractivity contribution in [2.75, 3.05) is 25.0 Å². The number of amides is 1. The lowest BCUT2D eigenvalue weighted by Crippen LogP contribution is -2.52. The molecule has 34 heavy (non-hydrogen) atoms. The summed E-state index contributed by atoms with van der Waals surface area (Å²) in [4.78, 5) is 40.0. The van der Waals surface area contributed by atoms with Gasteiger partial charge in [-0.3, -0.25) is 14.2 Å². The van der Waals surface area contributed by atoms with E-state index in [0.29, 0.717) is 17.4 Å². The summed E-state index contributed by atoms with van der Waals surface area (Å²) in [5, 5.41) is 7.54. The summed E-state index contributed by atoms with van der Waals surface area (Å²) in [5.74, 6) is 1.05. The molecule has 1 saturated carbocycles. The number of aryl methyl sites for hydroxylation is 1. The Balaban J connectivity index is 1.26. The van der Waals surface area contributed by atoms with Crippen molar-refractivity contribution in [1.82, 2.24) is 24.8 Å². The van der Waals surface area contributed by atoms with Gasteiger partial charge in [-0.15, -0.1) is 11.3 Å². The topological polar surface area (TPSA) is 92.2 Å². The first-order valence-electron chi connectivity index (χ1n) is 12.1. The molecule has 1 atom stereocenters. The minimum Gasteiger partial charge on any atom is -0.335 e. The number of aromatic nitrogens is 3. The van der Waals surface area contributed by atoms with Gasteiger partial charge in [0.2, 0.25) is 0 Å². The SMILES string of the molecule is O=C1NC2(CCC2)n2c1c(Cl)cc(Nc1ncnc3sc4c(c13)CC[C@H](CN1CCC1)C4)c2=O. The monoisotopic (exact) mass is 496 g/mol. The maximum Gasteiger partial charge on any atom is 0.276 e. The first-order chi connectivity index (χ1) is 16.5. The first-order valence-corrected chi connectivity index (χ1v) is 13.2. The number of carbonyl (C=O) groups is 1. The van der Waals surface area contributed by atoms with E-state index >= 15 is 0 Å². The summed E-state index contributed by atoms with van der Waals surface area (Å²) < 4.78 is 1.56. The number of likely N-dealkylation sites (tertiary alicyclic amines) is 1. The zero-order valence-corrected chi connectivity index (χ0v) is 20.3. The number of fused-ring (bicyclic) bond motifs is 5. The Kier molecular flexibility index (Phi) is 4.60. The molecule has 2 N–H and O–H groups in total. The Morgan fingerprint density at radius 3 is 2.82 bits per heavy atom. The summed E-state index contributed by atoms with van der Waals surface area (Å²) in [5.41, 5.74) is 1.01. The molecule has 3 aromatic heterocycles. The fourth-order valence-electron chi connectivity index (χ4n) is 5.97. The number of rotatable bonds is 4. The molecule has 0 aromatic carbocycles. The molecule has 0 unspecified atom stereocenters. The summed E-state index contributed by atoms with van der Waals surface area (Å²) in [7, 11) is 0. The van der Waals surface area contributed by atoms with Crippen LogP contribution in [0.5, 0.6) is 0 Å². The predicted octanol–water partition coefficient (Wildman–Crippen LogP) is 3.64. The number of hydrogen-bond acceptors (Lipinski definition) is 7. The minimum absolute atomic E-state index is 0.247. The Labute approximate surface area is 205 Å². The molecule has 1 amide bonds. The van der Waals surface area contributed by atoms with Crippen molar-refractivity contribution in [2.45, 2.75) is 50.6 Å². The molecular formula is C24H25ClN6O2S. The maximum absolute atomic E-state index is 13.5. The number of thiophene rings is 1. The fraction of sp³-hybridized carbons (Fsp3) is 0.500. The van der Waals surface area contributed by atoms with Gasteiger partial charge in [-0.1, -0.05) is 11.6 Å². The Hall–Kier alpha value is -2.49. The predicted molar refractivity (Wildman–Crippen MR) is 132 cm³/mol. The summed E-state index contributed by atoms with van der Waals surface area (Å²) in [6.45, 7) is 3.65. The van der Waals surface area contributed by atoms with Gasteiger partial charge >= 0.3 is 0 Å². The van der Waals surface area contributed by atoms with Crippen molar-refractivity contribution in [1.29, 1.82) is 0 Å². The number of nitrogens with zero attached hydrogens (tertiary/aromatic N) is 4. The van der Waals surface area contributed by atoms with Gasteiger partial charge in [0, 0.05) is 11.4 Å². The average Bonchev–Trinajstić information content (AvgIpc) is 3.30. The second kappa shape index (κ2) is 7.50. The molecule has 10 heteroatoms. The smallest absolute Gasteiger partial charge is 0.276 e. The second-order valence-electron chi connectivity index (χ2n) is 10.0. The number of hydrogen-bond donors (Lipinski definition) is 2. The van der Waals surface area contributed by atoms with Crippen LogP contribution in [-0.4, -0.2) is 45.0 Å². The van der Waals surface area contributed by atoms with Crippen LogP contribution in [0.15, 0.2) is 17.2 Å². The largest absolute Gasteiger partial charge is 0.335 e. The molecule has 2 aliphatic heterocycles. The van der Waals surface area contributed by atoms with Crippen LogP contribution in [0.2, 0.25) is 5.02 Å². The number of anilines is 2. The molecule has 4 aliphatic rings. The lowest BCUT2D eigenvalue weighted by atomic mass is 9.85. The number of pyridine rings is 1. The Morgan fingerprint density at radius 1 is 1.24 bits per heavy atom. The van der Waals surface area contributed by atoms with Crippen LogP contribution in [0, 0.1) is 5.92 Å². The van der Waals surface area contributed by atoms with Crippen molar-refractivity contribution in [3.8, 4) is 0 Å². The van der Waals surface area contributed by atoms with Gasteiger partial charge in [-0.05, 0) is 75.6 Å². The number of nitrogens with one attached hydrogen (secondary N) is 2. The van der Waals surface area contributed by atoms with E-state index in [4.69, 9.17) is 11.6 Å². The van der Waals surface area contributed by atoms with Crippen molar-refractivity contribution in [2.24, 2.45) is 5.92 Å². The van der Waals surface area contributed by atoms with Gasteiger partial charge in [0.1, 0.15) is 34.0 Å². The highest BCUT2D eigenvalue weighted by molar-refractivity contribution is 7.19. The van der Waals surface area contributed by atoms with Crippen LogP contribution < -0.4 is 16.2 Å². The molecule has 2 aliphatic carbocycles. The first kappa shape index (κ1) is 20.8. The second-order valence-corrected chi connectivity index (χ2v) is 11.5. The van der Waals surface area contributed by atoms with Crippen LogP contribution in [0.25, 0.3) is 10.2 Å². The fourth-order valence-corrected chi connectivity index (χ4v) is 7.55. The molecule has 0 bridgehead atoms. The van der Waals surface area contributed by atoms with Gasteiger partial charge in [0.15, 0.2) is 0 Å². The highest BCUT2D eigenvalue weighted by atomic mass is 35.5. The van der Waals surface area contributed by atoms with E-state index in [1.807, 2.05) is 0 Å². The molecule has 8 nitrogen and oxygen atoms in total. The zero-order valence-electron chi connectivity index (χ0n) is 18.7. The summed E-state index contributed by atoms with van der Waals surface area (Å²) in [6, 6.07) is 1.56. The van der Waals surface area contributed by atoms with E-state index in [1.165, 1.54) is 36.5 Å². The standard InChI is InChI=1S/C24H25ClN6O2S/c25-15-10-16(23(33)31-19(15)21(32)29-24(31)5-1-6-24)28-20-18-14-4-3-13(11-30-7-2-8-30)9-17(14)34-22(18)27-12-26-20/h10,12-13H,1-9,11H2,(H,29,32)(H,26,27,28)/t13-/m0/s1. The average molecular weight is 497 g/mol. The third-order valence-corrected chi connectivity index (χ3v) is 9.44. The van der Waals surface area contributed by atoms with Gasteiger partial charge in [0.25, 0.3) is 11.5 Å². The van der Waals surface area contributed by atoms with E-state index in [0.717, 1.165) is 48.7 Å². The van der Waals surface area contributed by atoms with Crippen molar-refractivity contribution in [3.05, 3.63) is 43.9 Å². The van der Waals surface area contributed by atoms with E-state index < -0.39 is 5.66 Å². The van der Waals surface area contributed by atoms with Crippen molar-refractivity contribution >= 4 is 50.6 Å². The van der Waals surface area contributed by atoms with Crippen LogP contribution in [-0.2, 0) is 18.5 Å². The third kappa shape index (κ3) is 2.99. The van der Waals surface area contributed by atoms with E-state index in [1.54, 1.807) is 28.3 Å². The molecular weight excluding hydrogens is 472 g/mol. The van der Waals surface area contributed by atoms with E-state index in [2.05, 4.69) is 25.5 Å². The molecule has 3 aromatic rings. The summed E-state index contributed by atoms with van der Waals surface area (Å²) in [6.07, 6.45) is 8.55. The molecule has 1 saturated heterocycles. The lowest BCUT2D eigenvalue weighted by Gasteiger charge is -2.39. The maximum atomic E-state index is 13.5. The van der Waals surface area contributed by atoms with Gasteiger partial charge < -0.3 is 15.5 Å².